The Morgan fingerprint density at radius 2 is 1.95 bits per heavy atom. The van der Waals surface area contributed by atoms with E-state index in [2.05, 4.69) is 5.32 Å². The van der Waals surface area contributed by atoms with E-state index in [0.717, 1.165) is 18.9 Å². The van der Waals surface area contributed by atoms with Crippen molar-refractivity contribution in [3.63, 3.8) is 0 Å². The van der Waals surface area contributed by atoms with Crippen molar-refractivity contribution in [2.45, 2.75) is 39.2 Å². The number of carbonyl (C=O) groups excluding carboxylic acids is 2. The topological polar surface area (TPSA) is 55.4 Å². The SMILES string of the molecule is CC(C)(C)OC(=O)Nc1ccc(C(=O)C2CC2)cc1F. The van der Waals surface area contributed by atoms with E-state index in [0.29, 0.717) is 5.56 Å². The first-order chi connectivity index (χ1) is 9.26. The minimum atomic E-state index is -0.724. The number of halogens is 1. The molecule has 1 aromatic carbocycles. The highest BCUT2D eigenvalue weighted by molar-refractivity contribution is 5.99. The summed E-state index contributed by atoms with van der Waals surface area (Å²) >= 11 is 0. The zero-order valence-electron chi connectivity index (χ0n) is 11.8. The molecule has 0 saturated heterocycles. The van der Waals surface area contributed by atoms with Crippen molar-refractivity contribution in [1.29, 1.82) is 0 Å². The molecule has 0 atom stereocenters. The van der Waals surface area contributed by atoms with Crippen LogP contribution in [0.15, 0.2) is 18.2 Å². The number of rotatable bonds is 3. The van der Waals surface area contributed by atoms with Gasteiger partial charge in [-0.25, -0.2) is 9.18 Å². The maximum Gasteiger partial charge on any atom is 0.412 e. The Hall–Kier alpha value is -1.91. The van der Waals surface area contributed by atoms with Gasteiger partial charge in [0.1, 0.15) is 11.4 Å². The summed E-state index contributed by atoms with van der Waals surface area (Å²) in [5.74, 6) is -0.630. The van der Waals surface area contributed by atoms with Crippen LogP contribution in [0.5, 0.6) is 0 Å². The number of hydrogen-bond acceptors (Lipinski definition) is 3. The molecular weight excluding hydrogens is 261 g/mol. The maximum absolute atomic E-state index is 13.9. The number of Topliss-reactive ketones (excluding diaryl/α,β-unsaturated/α-hetero) is 1. The van der Waals surface area contributed by atoms with Gasteiger partial charge in [-0.05, 0) is 51.8 Å². The summed E-state index contributed by atoms with van der Waals surface area (Å²) in [6, 6.07) is 4.07. The molecule has 0 spiro atoms. The van der Waals surface area contributed by atoms with Gasteiger partial charge in [-0.2, -0.15) is 0 Å². The molecule has 1 aliphatic carbocycles. The van der Waals surface area contributed by atoms with Gasteiger partial charge in [-0.1, -0.05) is 0 Å². The first kappa shape index (κ1) is 14.5. The van der Waals surface area contributed by atoms with E-state index in [4.69, 9.17) is 4.74 Å². The number of anilines is 1. The normalized spacial score (nSPS) is 14.8. The fourth-order valence-corrected chi connectivity index (χ4v) is 1.76. The second-order valence-electron chi connectivity index (χ2n) is 5.96. The highest BCUT2D eigenvalue weighted by Crippen LogP contribution is 2.33. The smallest absolute Gasteiger partial charge is 0.412 e. The van der Waals surface area contributed by atoms with Crippen LogP contribution < -0.4 is 5.32 Å². The lowest BCUT2D eigenvalue weighted by atomic mass is 10.1. The number of ketones is 1. The number of amides is 1. The van der Waals surface area contributed by atoms with Crippen LogP contribution >= 0.6 is 0 Å². The van der Waals surface area contributed by atoms with Gasteiger partial charge in [0, 0.05) is 11.5 Å². The van der Waals surface area contributed by atoms with Gasteiger partial charge >= 0.3 is 6.09 Å². The molecule has 0 radical (unpaired) electrons. The molecule has 1 fully saturated rings. The van der Waals surface area contributed by atoms with Crippen molar-refractivity contribution < 1.29 is 18.7 Å². The van der Waals surface area contributed by atoms with Gasteiger partial charge in [0.15, 0.2) is 5.78 Å². The van der Waals surface area contributed by atoms with Crippen molar-refractivity contribution in [2.75, 3.05) is 5.32 Å². The van der Waals surface area contributed by atoms with Crippen LogP contribution in [0.1, 0.15) is 44.0 Å². The van der Waals surface area contributed by atoms with E-state index in [9.17, 15) is 14.0 Å². The van der Waals surface area contributed by atoms with Crippen LogP contribution in [-0.2, 0) is 4.74 Å². The quantitative estimate of drug-likeness (QED) is 0.857. The second-order valence-corrected chi connectivity index (χ2v) is 5.96. The Balaban J connectivity index is 2.06. The van der Waals surface area contributed by atoms with Gasteiger partial charge in [0.05, 0.1) is 5.69 Å². The molecule has 1 aromatic rings. The molecule has 5 heteroatoms. The molecule has 1 N–H and O–H groups in total. The second kappa shape index (κ2) is 5.23. The molecular formula is C15H18FNO3. The summed E-state index contributed by atoms with van der Waals surface area (Å²) < 4.78 is 18.9. The lowest BCUT2D eigenvalue weighted by Gasteiger charge is -2.19. The standard InChI is InChI=1S/C15H18FNO3/c1-15(2,3)20-14(19)17-12-7-6-10(8-11(12)16)13(18)9-4-5-9/h6-9H,4-5H2,1-3H3,(H,17,19). The Morgan fingerprint density at radius 3 is 2.45 bits per heavy atom. The van der Waals surface area contributed by atoms with Gasteiger partial charge in [-0.15, -0.1) is 0 Å². The van der Waals surface area contributed by atoms with E-state index in [1.807, 2.05) is 0 Å². The zero-order chi connectivity index (χ0) is 14.9. The predicted molar refractivity (Wildman–Crippen MR) is 73.3 cm³/mol. The molecule has 4 nitrogen and oxygen atoms in total. The third-order valence-corrected chi connectivity index (χ3v) is 2.84. The predicted octanol–water partition coefficient (Wildman–Crippen LogP) is 3.77. The van der Waals surface area contributed by atoms with Crippen LogP contribution in [0.25, 0.3) is 0 Å². The molecule has 108 valence electrons. The van der Waals surface area contributed by atoms with E-state index in [1.165, 1.54) is 12.1 Å². The Kier molecular flexibility index (Phi) is 3.79. The lowest BCUT2D eigenvalue weighted by molar-refractivity contribution is 0.0635. The van der Waals surface area contributed by atoms with Crippen molar-refractivity contribution in [3.05, 3.63) is 29.6 Å². The zero-order valence-corrected chi connectivity index (χ0v) is 11.8. The number of hydrogen-bond donors (Lipinski definition) is 1. The summed E-state index contributed by atoms with van der Waals surface area (Å²) in [5, 5.41) is 2.33. The van der Waals surface area contributed by atoms with Crippen LogP contribution in [0.3, 0.4) is 0 Å². The summed E-state index contributed by atoms with van der Waals surface area (Å²) in [6.07, 6.45) is 1.02. The van der Waals surface area contributed by atoms with E-state index in [1.54, 1.807) is 20.8 Å². The van der Waals surface area contributed by atoms with Crippen LogP contribution in [0.4, 0.5) is 14.9 Å². The summed E-state index contributed by atoms with van der Waals surface area (Å²) in [5.41, 5.74) is -0.297. The molecule has 1 amide bonds. The molecule has 0 aliphatic heterocycles. The van der Waals surface area contributed by atoms with Gasteiger partial charge in [-0.3, -0.25) is 10.1 Å². The van der Waals surface area contributed by atoms with E-state index in [-0.39, 0.29) is 17.4 Å². The van der Waals surface area contributed by atoms with Crippen molar-refractivity contribution >= 4 is 17.6 Å². The summed E-state index contributed by atoms with van der Waals surface area (Å²) in [7, 11) is 0. The van der Waals surface area contributed by atoms with Crippen LogP contribution in [0.2, 0.25) is 0 Å². The molecule has 2 rings (SSSR count). The van der Waals surface area contributed by atoms with E-state index >= 15 is 0 Å². The Morgan fingerprint density at radius 1 is 1.30 bits per heavy atom. The maximum atomic E-state index is 13.9. The minimum Gasteiger partial charge on any atom is -0.444 e. The summed E-state index contributed by atoms with van der Waals surface area (Å²) in [6.45, 7) is 5.17. The number of nitrogens with one attached hydrogen (secondary N) is 1. The van der Waals surface area contributed by atoms with Crippen molar-refractivity contribution in [2.24, 2.45) is 5.92 Å². The molecule has 0 bridgehead atoms. The van der Waals surface area contributed by atoms with Crippen LogP contribution in [-0.4, -0.2) is 17.5 Å². The molecule has 0 heterocycles. The van der Waals surface area contributed by atoms with Crippen LogP contribution in [0, 0.1) is 11.7 Å². The molecule has 0 aromatic heterocycles. The molecule has 1 aliphatic rings. The fourth-order valence-electron chi connectivity index (χ4n) is 1.76. The third kappa shape index (κ3) is 3.79. The Bertz CT molecular complexity index is 545. The van der Waals surface area contributed by atoms with Gasteiger partial charge < -0.3 is 4.74 Å². The number of carbonyl (C=O) groups is 2. The van der Waals surface area contributed by atoms with Crippen molar-refractivity contribution in [3.8, 4) is 0 Å². The average Bonchev–Trinajstić information content (AvgIpc) is 3.12. The van der Waals surface area contributed by atoms with Gasteiger partial charge in [0.25, 0.3) is 0 Å². The highest BCUT2D eigenvalue weighted by atomic mass is 19.1. The van der Waals surface area contributed by atoms with E-state index < -0.39 is 17.5 Å². The average molecular weight is 279 g/mol. The number of benzene rings is 1. The molecule has 20 heavy (non-hydrogen) atoms. The Labute approximate surface area is 117 Å². The third-order valence-electron chi connectivity index (χ3n) is 2.84. The lowest BCUT2D eigenvalue weighted by Crippen LogP contribution is -2.27. The summed E-state index contributed by atoms with van der Waals surface area (Å²) in [4.78, 5) is 23.4. The monoisotopic (exact) mass is 279 g/mol. The largest absolute Gasteiger partial charge is 0.444 e. The van der Waals surface area contributed by atoms with Crippen molar-refractivity contribution in [1.82, 2.24) is 0 Å². The first-order valence-corrected chi connectivity index (χ1v) is 6.60. The molecule has 1 saturated carbocycles. The molecule has 0 unspecified atom stereocenters. The minimum absolute atomic E-state index is 0.00611. The van der Waals surface area contributed by atoms with Gasteiger partial charge in [0.2, 0.25) is 0 Å². The first-order valence-electron chi connectivity index (χ1n) is 6.60. The fraction of sp³-hybridized carbons (Fsp3) is 0.467. The highest BCUT2D eigenvalue weighted by Gasteiger charge is 2.30. The number of ether oxygens (including phenoxy) is 1.